The summed E-state index contributed by atoms with van der Waals surface area (Å²) in [6.45, 7) is 6.53. The fourth-order valence-corrected chi connectivity index (χ4v) is 4.12. The van der Waals surface area contributed by atoms with Gasteiger partial charge in [-0.25, -0.2) is 4.40 Å². The van der Waals surface area contributed by atoms with Gasteiger partial charge in [0.05, 0.1) is 12.4 Å². The van der Waals surface area contributed by atoms with Gasteiger partial charge in [-0.1, -0.05) is 30.0 Å². The molecule has 164 valence electrons. The number of ether oxygens (including phenoxy) is 1. The molecule has 0 saturated heterocycles. The van der Waals surface area contributed by atoms with Gasteiger partial charge in [-0.05, 0) is 31.9 Å². The topological polar surface area (TPSA) is 118 Å². The number of rotatable bonds is 9. The van der Waals surface area contributed by atoms with Crippen LogP contribution >= 0.6 is 11.8 Å². The number of fused-ring (bicyclic) bond motifs is 2. The molecule has 1 aliphatic heterocycles. The van der Waals surface area contributed by atoms with Crippen LogP contribution in [0.5, 0.6) is 5.75 Å². The van der Waals surface area contributed by atoms with Crippen LogP contribution in [0.25, 0.3) is 5.78 Å². The molecule has 1 aromatic carbocycles. The molecule has 3 N–H and O–H groups in total. The van der Waals surface area contributed by atoms with Crippen LogP contribution in [0, 0.1) is 5.92 Å². The standard InChI is InChI=1S/C20H26N8O2S/c1-3-21-17-24-18(22-4-2)28-19(25-17)26-27-20(28)31-12-16(29)23-10-13-9-14-7-5-6-8-15(14)30-11-13/h5-8,13H,3-4,9-12H2,1-2H3,(H,23,29)(H2,21,22,24,25,26). The van der Waals surface area contributed by atoms with Gasteiger partial charge in [-0.3, -0.25) is 4.79 Å². The second-order valence-electron chi connectivity index (χ2n) is 7.13. The summed E-state index contributed by atoms with van der Waals surface area (Å²) in [6.07, 6.45) is 0.899. The van der Waals surface area contributed by atoms with E-state index in [1.54, 1.807) is 4.40 Å². The molecule has 2 aromatic heterocycles. The first kappa shape index (κ1) is 21.2. The molecule has 3 aromatic rings. The van der Waals surface area contributed by atoms with Crippen molar-refractivity contribution in [1.29, 1.82) is 0 Å². The van der Waals surface area contributed by atoms with Gasteiger partial charge in [0.15, 0.2) is 5.16 Å². The molecule has 0 fully saturated rings. The Morgan fingerprint density at radius 2 is 2.03 bits per heavy atom. The zero-order valence-corrected chi connectivity index (χ0v) is 18.4. The lowest BCUT2D eigenvalue weighted by Gasteiger charge is -2.25. The van der Waals surface area contributed by atoms with E-state index in [1.165, 1.54) is 17.3 Å². The summed E-state index contributed by atoms with van der Waals surface area (Å²) in [5, 5.41) is 18.2. The monoisotopic (exact) mass is 442 g/mol. The van der Waals surface area contributed by atoms with Gasteiger partial charge in [-0.15, -0.1) is 10.2 Å². The van der Waals surface area contributed by atoms with Crippen molar-refractivity contribution in [3.63, 3.8) is 0 Å². The smallest absolute Gasteiger partial charge is 0.261 e. The minimum absolute atomic E-state index is 0.0594. The maximum absolute atomic E-state index is 12.4. The van der Waals surface area contributed by atoms with E-state index in [2.05, 4.69) is 42.2 Å². The van der Waals surface area contributed by atoms with Gasteiger partial charge in [0, 0.05) is 25.6 Å². The average molecular weight is 443 g/mol. The van der Waals surface area contributed by atoms with Crippen molar-refractivity contribution in [2.45, 2.75) is 25.4 Å². The fraction of sp³-hybridized carbons (Fsp3) is 0.450. The number of nitrogens with zero attached hydrogens (tertiary/aromatic N) is 5. The Hall–Kier alpha value is -3.08. The van der Waals surface area contributed by atoms with Crippen LogP contribution in [-0.4, -0.2) is 62.5 Å². The van der Waals surface area contributed by atoms with Crippen molar-refractivity contribution < 1.29 is 9.53 Å². The predicted octanol–water partition coefficient (Wildman–Crippen LogP) is 1.84. The number of hydrogen-bond acceptors (Lipinski definition) is 9. The molecule has 1 unspecified atom stereocenters. The first-order valence-electron chi connectivity index (χ1n) is 10.4. The van der Waals surface area contributed by atoms with Gasteiger partial charge < -0.3 is 20.7 Å². The van der Waals surface area contributed by atoms with Crippen molar-refractivity contribution in [2.24, 2.45) is 5.92 Å². The molecule has 10 nitrogen and oxygen atoms in total. The number of carbonyl (C=O) groups is 1. The van der Waals surface area contributed by atoms with Crippen molar-refractivity contribution in [3.8, 4) is 5.75 Å². The zero-order valence-electron chi connectivity index (χ0n) is 17.6. The van der Waals surface area contributed by atoms with E-state index < -0.39 is 0 Å². The highest BCUT2D eigenvalue weighted by Gasteiger charge is 2.20. The van der Waals surface area contributed by atoms with Crippen LogP contribution < -0.4 is 20.7 Å². The maximum Gasteiger partial charge on any atom is 0.261 e. The van der Waals surface area contributed by atoms with Crippen LogP contribution in [-0.2, 0) is 11.2 Å². The minimum atomic E-state index is -0.0594. The molecule has 31 heavy (non-hydrogen) atoms. The Kier molecular flexibility index (Phi) is 6.70. The minimum Gasteiger partial charge on any atom is -0.493 e. The van der Waals surface area contributed by atoms with E-state index in [9.17, 15) is 4.79 Å². The second-order valence-corrected chi connectivity index (χ2v) is 8.07. The molecule has 0 aliphatic carbocycles. The molecule has 0 spiro atoms. The molecule has 1 amide bonds. The SMILES string of the molecule is CCNc1nc(NCC)n2c(SCC(=O)NCC3COc4ccccc4C3)nnc2n1. The molecule has 0 bridgehead atoms. The zero-order chi connectivity index (χ0) is 21.6. The van der Waals surface area contributed by atoms with Crippen LogP contribution in [0.3, 0.4) is 0 Å². The molecule has 1 aliphatic rings. The van der Waals surface area contributed by atoms with Gasteiger partial charge in [0.1, 0.15) is 5.75 Å². The summed E-state index contributed by atoms with van der Waals surface area (Å²) in [5.41, 5.74) is 1.19. The molecule has 4 rings (SSSR count). The number of hydrogen-bond donors (Lipinski definition) is 3. The van der Waals surface area contributed by atoms with Crippen LogP contribution in [0.4, 0.5) is 11.9 Å². The van der Waals surface area contributed by atoms with E-state index in [1.807, 2.05) is 32.0 Å². The van der Waals surface area contributed by atoms with E-state index in [-0.39, 0.29) is 17.6 Å². The summed E-state index contributed by atoms with van der Waals surface area (Å²) >= 11 is 1.30. The molecular weight excluding hydrogens is 416 g/mol. The van der Waals surface area contributed by atoms with Crippen molar-refractivity contribution in [1.82, 2.24) is 29.9 Å². The van der Waals surface area contributed by atoms with Gasteiger partial charge in [0.25, 0.3) is 5.78 Å². The first-order chi connectivity index (χ1) is 15.2. The van der Waals surface area contributed by atoms with Crippen LogP contribution in [0.15, 0.2) is 29.4 Å². The van der Waals surface area contributed by atoms with E-state index in [0.29, 0.717) is 49.1 Å². The first-order valence-corrected chi connectivity index (χ1v) is 11.4. The number of nitrogens with one attached hydrogen (secondary N) is 3. The number of thioether (sulfide) groups is 1. The number of anilines is 2. The second kappa shape index (κ2) is 9.82. The van der Waals surface area contributed by atoms with E-state index in [0.717, 1.165) is 12.2 Å². The summed E-state index contributed by atoms with van der Waals surface area (Å²) in [5.74, 6) is 2.88. The van der Waals surface area contributed by atoms with Crippen molar-refractivity contribution in [2.75, 3.05) is 42.6 Å². The highest BCUT2D eigenvalue weighted by molar-refractivity contribution is 7.99. The highest BCUT2D eigenvalue weighted by atomic mass is 32.2. The summed E-state index contributed by atoms with van der Waals surface area (Å²) in [6, 6.07) is 8.03. The molecule has 0 radical (unpaired) electrons. The number of amides is 1. The lowest BCUT2D eigenvalue weighted by molar-refractivity contribution is -0.118. The number of para-hydroxylation sites is 1. The highest BCUT2D eigenvalue weighted by Crippen LogP contribution is 2.26. The lowest BCUT2D eigenvalue weighted by atomic mass is 9.97. The summed E-state index contributed by atoms with van der Waals surface area (Å²) in [7, 11) is 0. The van der Waals surface area contributed by atoms with E-state index in [4.69, 9.17) is 4.74 Å². The van der Waals surface area contributed by atoms with Gasteiger partial charge >= 0.3 is 0 Å². The number of aromatic nitrogens is 5. The average Bonchev–Trinajstić information content (AvgIpc) is 3.20. The van der Waals surface area contributed by atoms with Crippen LogP contribution in [0.2, 0.25) is 0 Å². The quantitative estimate of drug-likeness (QED) is 0.427. The van der Waals surface area contributed by atoms with Gasteiger partial charge in [-0.2, -0.15) is 9.97 Å². The Morgan fingerprint density at radius 3 is 2.87 bits per heavy atom. The Balaban J connectivity index is 1.35. The Bertz CT molecular complexity index is 1060. The third-order valence-corrected chi connectivity index (χ3v) is 5.72. The predicted molar refractivity (Wildman–Crippen MR) is 120 cm³/mol. The van der Waals surface area contributed by atoms with Crippen molar-refractivity contribution >= 4 is 35.3 Å². The molecular formula is C20H26N8O2S. The largest absolute Gasteiger partial charge is 0.493 e. The lowest BCUT2D eigenvalue weighted by Crippen LogP contribution is -2.35. The van der Waals surface area contributed by atoms with Crippen molar-refractivity contribution in [3.05, 3.63) is 29.8 Å². The maximum atomic E-state index is 12.4. The Morgan fingerprint density at radius 1 is 1.19 bits per heavy atom. The van der Waals surface area contributed by atoms with E-state index >= 15 is 0 Å². The Labute approximate surface area is 184 Å². The number of benzene rings is 1. The fourth-order valence-electron chi connectivity index (χ4n) is 3.36. The normalized spacial score (nSPS) is 15.2. The molecule has 0 saturated carbocycles. The number of carbonyl (C=O) groups excluding carboxylic acids is 1. The summed E-state index contributed by atoms with van der Waals surface area (Å²) < 4.78 is 7.52. The van der Waals surface area contributed by atoms with Gasteiger partial charge in [0.2, 0.25) is 17.8 Å². The molecule has 11 heteroatoms. The third-order valence-electron chi connectivity index (χ3n) is 4.79. The molecule has 1 atom stereocenters. The third kappa shape index (κ3) is 4.98. The summed E-state index contributed by atoms with van der Waals surface area (Å²) in [4.78, 5) is 21.3. The molecule has 3 heterocycles. The van der Waals surface area contributed by atoms with Crippen LogP contribution in [0.1, 0.15) is 19.4 Å².